The van der Waals surface area contributed by atoms with Crippen LogP contribution >= 0.6 is 0 Å². The highest BCUT2D eigenvalue weighted by Gasteiger charge is 2.13. The SMILES string of the molecule is CCOC(=O)c1cnc(N(C)CCCOc2cc(-c3ccc(OC)nc3)cc3c(C)ncnc23)nc1. The molecule has 4 aromatic rings. The van der Waals surface area contributed by atoms with Gasteiger partial charge in [-0.3, -0.25) is 0 Å². The van der Waals surface area contributed by atoms with Crippen molar-refractivity contribution in [2.24, 2.45) is 0 Å². The number of methoxy groups -OCH3 is 1. The highest BCUT2D eigenvalue weighted by atomic mass is 16.5. The summed E-state index contributed by atoms with van der Waals surface area (Å²) in [6.07, 6.45) is 6.98. The number of nitrogens with zero attached hydrogens (tertiary/aromatic N) is 6. The van der Waals surface area contributed by atoms with Gasteiger partial charge < -0.3 is 19.1 Å². The molecule has 0 radical (unpaired) electrons. The lowest BCUT2D eigenvalue weighted by Crippen LogP contribution is -2.23. The molecule has 0 aliphatic heterocycles. The topological polar surface area (TPSA) is 112 Å². The first-order valence-electron chi connectivity index (χ1n) is 11.6. The molecule has 0 fully saturated rings. The van der Waals surface area contributed by atoms with Gasteiger partial charge >= 0.3 is 5.97 Å². The van der Waals surface area contributed by atoms with Crippen molar-refractivity contribution in [3.8, 4) is 22.8 Å². The maximum Gasteiger partial charge on any atom is 0.341 e. The molecule has 0 amide bonds. The number of rotatable bonds is 10. The summed E-state index contributed by atoms with van der Waals surface area (Å²) in [5, 5.41) is 0.924. The minimum Gasteiger partial charge on any atom is -0.491 e. The second kappa shape index (κ2) is 11.4. The quantitative estimate of drug-likeness (QED) is 0.241. The molecule has 3 aromatic heterocycles. The van der Waals surface area contributed by atoms with E-state index < -0.39 is 5.97 Å². The van der Waals surface area contributed by atoms with Gasteiger partial charge in [0.2, 0.25) is 11.8 Å². The normalized spacial score (nSPS) is 10.8. The third kappa shape index (κ3) is 5.65. The van der Waals surface area contributed by atoms with Gasteiger partial charge in [-0.25, -0.2) is 29.7 Å². The van der Waals surface area contributed by atoms with Crippen LogP contribution in [0, 0.1) is 6.92 Å². The molecule has 0 bridgehead atoms. The zero-order chi connectivity index (χ0) is 25.5. The summed E-state index contributed by atoms with van der Waals surface area (Å²) in [4.78, 5) is 35.3. The van der Waals surface area contributed by atoms with Gasteiger partial charge in [0, 0.05) is 54.9 Å². The first kappa shape index (κ1) is 24.8. The van der Waals surface area contributed by atoms with E-state index in [4.69, 9.17) is 14.2 Å². The van der Waals surface area contributed by atoms with Crippen molar-refractivity contribution >= 4 is 22.8 Å². The van der Waals surface area contributed by atoms with Crippen LogP contribution in [-0.2, 0) is 4.74 Å². The van der Waals surface area contributed by atoms with Crippen LogP contribution in [0.5, 0.6) is 11.6 Å². The van der Waals surface area contributed by atoms with Gasteiger partial charge in [-0.1, -0.05) is 0 Å². The summed E-state index contributed by atoms with van der Waals surface area (Å²) in [5.41, 5.74) is 3.86. The van der Waals surface area contributed by atoms with Gasteiger partial charge in [0.15, 0.2) is 0 Å². The molecule has 0 spiro atoms. The van der Waals surface area contributed by atoms with E-state index in [1.165, 1.54) is 12.4 Å². The van der Waals surface area contributed by atoms with Crippen LogP contribution in [0.15, 0.2) is 49.2 Å². The number of esters is 1. The van der Waals surface area contributed by atoms with Crippen LogP contribution in [0.1, 0.15) is 29.4 Å². The maximum absolute atomic E-state index is 11.8. The van der Waals surface area contributed by atoms with Crippen molar-refractivity contribution in [1.29, 1.82) is 0 Å². The fourth-order valence-corrected chi connectivity index (χ4v) is 3.63. The Morgan fingerprint density at radius 2 is 1.81 bits per heavy atom. The van der Waals surface area contributed by atoms with E-state index in [-0.39, 0.29) is 0 Å². The minimum atomic E-state index is -0.431. The second-order valence-corrected chi connectivity index (χ2v) is 8.03. The molecular weight excluding hydrogens is 460 g/mol. The molecule has 4 rings (SSSR count). The lowest BCUT2D eigenvalue weighted by molar-refractivity contribution is 0.0525. The monoisotopic (exact) mass is 488 g/mol. The van der Waals surface area contributed by atoms with Gasteiger partial charge in [0.25, 0.3) is 0 Å². The number of pyridine rings is 1. The van der Waals surface area contributed by atoms with Crippen molar-refractivity contribution in [1.82, 2.24) is 24.9 Å². The third-order valence-electron chi connectivity index (χ3n) is 5.57. The molecule has 10 nitrogen and oxygen atoms in total. The molecule has 0 atom stereocenters. The Balaban J connectivity index is 1.44. The van der Waals surface area contributed by atoms with Crippen LogP contribution in [0.2, 0.25) is 0 Å². The van der Waals surface area contributed by atoms with Crippen molar-refractivity contribution < 1.29 is 19.0 Å². The summed E-state index contributed by atoms with van der Waals surface area (Å²) in [6.45, 7) is 5.14. The molecule has 0 N–H and O–H groups in total. The molecule has 0 unspecified atom stereocenters. The molecule has 3 heterocycles. The number of aromatic nitrogens is 5. The number of hydrogen-bond acceptors (Lipinski definition) is 10. The predicted molar refractivity (Wildman–Crippen MR) is 135 cm³/mol. The van der Waals surface area contributed by atoms with Gasteiger partial charge in [-0.15, -0.1) is 0 Å². The zero-order valence-corrected chi connectivity index (χ0v) is 20.8. The molecule has 0 aliphatic rings. The van der Waals surface area contributed by atoms with E-state index >= 15 is 0 Å². The Bertz CT molecular complexity index is 1330. The molecule has 0 saturated carbocycles. The largest absolute Gasteiger partial charge is 0.491 e. The van der Waals surface area contributed by atoms with Gasteiger partial charge in [-0.2, -0.15) is 0 Å². The van der Waals surface area contributed by atoms with E-state index in [9.17, 15) is 4.79 Å². The van der Waals surface area contributed by atoms with Crippen LogP contribution in [0.3, 0.4) is 0 Å². The first-order chi connectivity index (χ1) is 17.5. The lowest BCUT2D eigenvalue weighted by atomic mass is 10.0. The van der Waals surface area contributed by atoms with E-state index in [2.05, 4.69) is 24.9 Å². The second-order valence-electron chi connectivity index (χ2n) is 8.03. The molecule has 36 heavy (non-hydrogen) atoms. The van der Waals surface area contributed by atoms with Crippen molar-refractivity contribution in [2.75, 3.05) is 38.8 Å². The molecule has 186 valence electrons. The number of anilines is 1. The number of aryl methyl sites for hydroxylation is 1. The number of hydrogen-bond donors (Lipinski definition) is 0. The van der Waals surface area contributed by atoms with Crippen molar-refractivity contribution in [3.63, 3.8) is 0 Å². The van der Waals surface area contributed by atoms with Gasteiger partial charge in [-0.05, 0) is 44.0 Å². The minimum absolute atomic E-state index is 0.307. The standard InChI is InChI=1S/C26H28N6O4/c1-5-35-25(33)20-14-28-26(29-15-20)32(3)9-6-10-36-22-12-19(18-7-8-23(34-4)27-13-18)11-21-17(2)30-16-31-24(21)22/h7-8,11-16H,5-6,9-10H2,1-4H3. The smallest absolute Gasteiger partial charge is 0.341 e. The maximum atomic E-state index is 11.8. The van der Waals surface area contributed by atoms with Crippen molar-refractivity contribution in [2.45, 2.75) is 20.3 Å². The Hall–Kier alpha value is -4.34. The average molecular weight is 489 g/mol. The summed E-state index contributed by atoms with van der Waals surface area (Å²) < 4.78 is 16.3. The fourth-order valence-electron chi connectivity index (χ4n) is 3.63. The highest BCUT2D eigenvalue weighted by molar-refractivity contribution is 5.91. The summed E-state index contributed by atoms with van der Waals surface area (Å²) in [6, 6.07) is 7.80. The zero-order valence-electron chi connectivity index (χ0n) is 20.8. The van der Waals surface area contributed by atoms with E-state index in [0.29, 0.717) is 42.9 Å². The highest BCUT2D eigenvalue weighted by Crippen LogP contribution is 2.32. The number of carbonyl (C=O) groups excluding carboxylic acids is 1. The molecule has 0 aliphatic carbocycles. The number of benzene rings is 1. The molecule has 0 saturated heterocycles. The van der Waals surface area contributed by atoms with Gasteiger partial charge in [0.1, 0.15) is 17.6 Å². The molecule has 10 heteroatoms. The van der Waals surface area contributed by atoms with E-state index in [1.54, 1.807) is 26.6 Å². The van der Waals surface area contributed by atoms with Gasteiger partial charge in [0.05, 0.1) is 25.9 Å². The van der Waals surface area contributed by atoms with Crippen LogP contribution in [0.25, 0.3) is 22.0 Å². The number of carbonyl (C=O) groups is 1. The summed E-state index contributed by atoms with van der Waals surface area (Å²) >= 11 is 0. The van der Waals surface area contributed by atoms with E-state index in [0.717, 1.165) is 34.1 Å². The Labute approximate surface area is 209 Å². The first-order valence-corrected chi connectivity index (χ1v) is 11.6. The Kier molecular flexibility index (Phi) is 7.84. The fraction of sp³-hybridized carbons (Fsp3) is 0.308. The van der Waals surface area contributed by atoms with E-state index in [1.807, 2.05) is 43.1 Å². The number of ether oxygens (including phenoxy) is 3. The Morgan fingerprint density at radius 1 is 1.00 bits per heavy atom. The average Bonchev–Trinajstić information content (AvgIpc) is 2.91. The summed E-state index contributed by atoms with van der Waals surface area (Å²) in [5.74, 6) is 1.32. The Morgan fingerprint density at radius 3 is 2.50 bits per heavy atom. The van der Waals surface area contributed by atoms with Crippen LogP contribution < -0.4 is 14.4 Å². The predicted octanol–water partition coefficient (Wildman–Crippen LogP) is 3.88. The third-order valence-corrected chi connectivity index (χ3v) is 5.57. The summed E-state index contributed by atoms with van der Waals surface area (Å²) in [7, 11) is 3.48. The number of fused-ring (bicyclic) bond motifs is 1. The van der Waals surface area contributed by atoms with Crippen LogP contribution in [0.4, 0.5) is 5.95 Å². The van der Waals surface area contributed by atoms with Crippen molar-refractivity contribution in [3.05, 3.63) is 60.4 Å². The molecular formula is C26H28N6O4. The lowest BCUT2D eigenvalue weighted by Gasteiger charge is -2.17. The molecule has 1 aromatic carbocycles. The van der Waals surface area contributed by atoms with Crippen LogP contribution in [-0.4, -0.2) is 64.8 Å².